The highest BCUT2D eigenvalue weighted by molar-refractivity contribution is 7.99. The van der Waals surface area contributed by atoms with Crippen molar-refractivity contribution in [3.05, 3.63) is 75.7 Å². The Kier molecular flexibility index (Phi) is 8.23. The average Bonchev–Trinajstić information content (AvgIpc) is 3.50. The molecule has 6 nitrogen and oxygen atoms in total. The van der Waals surface area contributed by atoms with Crippen molar-refractivity contribution in [2.45, 2.75) is 51.6 Å². The van der Waals surface area contributed by atoms with Gasteiger partial charge in [0.25, 0.3) is 0 Å². The maximum atomic E-state index is 12.9. The second kappa shape index (κ2) is 11.8. The van der Waals surface area contributed by atoms with E-state index in [1.54, 1.807) is 0 Å². The number of carbonyl (C=O) groups excluding carboxylic acids is 2. The Labute approximate surface area is 237 Å². The quantitative estimate of drug-likeness (QED) is 0.173. The van der Waals surface area contributed by atoms with Gasteiger partial charge in [-0.05, 0) is 44.6 Å². The van der Waals surface area contributed by atoms with Crippen molar-refractivity contribution in [1.82, 2.24) is 9.97 Å². The molecule has 8 heteroatoms. The van der Waals surface area contributed by atoms with Crippen LogP contribution in [0.25, 0.3) is 22.5 Å². The first-order valence-corrected chi connectivity index (χ1v) is 15.0. The number of H-pyrrole nitrogens is 1. The predicted molar refractivity (Wildman–Crippen MR) is 160 cm³/mol. The Bertz CT molecular complexity index is 1420. The number of anilines is 1. The fourth-order valence-electron chi connectivity index (χ4n) is 4.86. The first-order valence-electron chi connectivity index (χ1n) is 13.2. The van der Waals surface area contributed by atoms with Crippen LogP contribution in [0.2, 0.25) is 0 Å². The number of benzene rings is 2. The van der Waals surface area contributed by atoms with Gasteiger partial charge in [0.05, 0.1) is 24.1 Å². The van der Waals surface area contributed by atoms with E-state index in [4.69, 9.17) is 9.72 Å². The molecule has 39 heavy (non-hydrogen) atoms. The molecular weight excluding hydrogens is 526 g/mol. The summed E-state index contributed by atoms with van der Waals surface area (Å²) in [6.07, 6.45) is 3.11. The van der Waals surface area contributed by atoms with Crippen LogP contribution >= 0.6 is 23.1 Å². The number of aromatic nitrogens is 2. The Morgan fingerprint density at radius 3 is 2.41 bits per heavy atom. The number of aryl methyl sites for hydroxylation is 2. The van der Waals surface area contributed by atoms with Crippen molar-refractivity contribution in [2.24, 2.45) is 5.92 Å². The molecule has 1 atom stereocenters. The number of nitrogens with zero attached hydrogens (tertiary/aromatic N) is 1. The Balaban J connectivity index is 1.30. The lowest BCUT2D eigenvalue weighted by atomic mass is 9.88. The highest BCUT2D eigenvalue weighted by atomic mass is 32.2. The molecule has 202 valence electrons. The van der Waals surface area contributed by atoms with Crippen LogP contribution < -0.4 is 5.32 Å². The number of hydrogen-bond acceptors (Lipinski definition) is 6. The summed E-state index contributed by atoms with van der Waals surface area (Å²) in [5.41, 5.74) is 7.94. The van der Waals surface area contributed by atoms with Gasteiger partial charge in [0.2, 0.25) is 5.91 Å². The van der Waals surface area contributed by atoms with Crippen LogP contribution in [0, 0.1) is 19.8 Å². The van der Waals surface area contributed by atoms with Crippen LogP contribution in [-0.2, 0) is 22.4 Å². The van der Waals surface area contributed by atoms with Crippen LogP contribution in [0.15, 0.2) is 53.7 Å². The van der Waals surface area contributed by atoms with Crippen molar-refractivity contribution >= 4 is 40.0 Å². The Morgan fingerprint density at radius 2 is 1.74 bits per heavy atom. The lowest BCUT2D eigenvalue weighted by Gasteiger charge is -2.18. The summed E-state index contributed by atoms with van der Waals surface area (Å²) in [5.74, 6) is 0.623. The molecule has 0 fully saturated rings. The molecule has 0 radical (unpaired) electrons. The first-order chi connectivity index (χ1) is 18.8. The van der Waals surface area contributed by atoms with Crippen LogP contribution in [0.3, 0.4) is 0 Å². The van der Waals surface area contributed by atoms with Gasteiger partial charge >= 0.3 is 5.97 Å². The van der Waals surface area contributed by atoms with Crippen molar-refractivity contribution in [3.63, 3.8) is 0 Å². The summed E-state index contributed by atoms with van der Waals surface area (Å²) >= 11 is 3.03. The van der Waals surface area contributed by atoms with Gasteiger partial charge in [-0.25, -0.2) is 9.78 Å². The molecule has 2 aromatic heterocycles. The molecule has 0 saturated heterocycles. The van der Waals surface area contributed by atoms with Gasteiger partial charge in [-0.1, -0.05) is 78.3 Å². The lowest BCUT2D eigenvalue weighted by Crippen LogP contribution is -2.16. The van der Waals surface area contributed by atoms with E-state index in [0.29, 0.717) is 28.7 Å². The van der Waals surface area contributed by atoms with Gasteiger partial charge in [-0.2, -0.15) is 0 Å². The number of fused-ring (bicyclic) bond motifs is 1. The highest BCUT2D eigenvalue weighted by Crippen LogP contribution is 2.40. The summed E-state index contributed by atoms with van der Waals surface area (Å²) in [6.45, 7) is 6.37. The number of rotatable bonds is 8. The van der Waals surface area contributed by atoms with Crippen molar-refractivity contribution in [1.29, 1.82) is 0 Å². The second-order valence-electron chi connectivity index (χ2n) is 10.2. The maximum absolute atomic E-state index is 12.9. The van der Waals surface area contributed by atoms with Crippen LogP contribution in [-0.4, -0.2) is 34.7 Å². The summed E-state index contributed by atoms with van der Waals surface area (Å²) in [4.78, 5) is 35.0. The van der Waals surface area contributed by atoms with Gasteiger partial charge in [0.15, 0.2) is 5.16 Å². The van der Waals surface area contributed by atoms with Crippen molar-refractivity contribution in [2.75, 3.05) is 18.2 Å². The zero-order valence-corrected chi connectivity index (χ0v) is 24.4. The minimum absolute atomic E-state index is 0.122. The molecule has 2 N–H and O–H groups in total. The summed E-state index contributed by atoms with van der Waals surface area (Å²) in [6, 6.07) is 16.7. The van der Waals surface area contributed by atoms with E-state index in [-0.39, 0.29) is 11.9 Å². The van der Waals surface area contributed by atoms with Crippen LogP contribution in [0.4, 0.5) is 5.00 Å². The number of methoxy groups -OCH3 is 1. The van der Waals surface area contributed by atoms with Crippen LogP contribution in [0.5, 0.6) is 0 Å². The molecule has 0 spiro atoms. The monoisotopic (exact) mass is 559 g/mol. The molecule has 5 rings (SSSR count). The van der Waals surface area contributed by atoms with Gasteiger partial charge in [0.1, 0.15) is 5.00 Å². The number of thiophene rings is 1. The largest absolute Gasteiger partial charge is 0.465 e. The SMILES string of the molecule is COC(=O)c1c(NC(=O)CCSc2nc(-c3ccc(C)cc3)c(-c3ccc(C)cc3)[nH]2)sc2c1CCC(C)C2. The zero-order valence-electron chi connectivity index (χ0n) is 22.7. The standard InChI is InChI=1S/C31H33N3O3S2/c1-18-5-10-21(11-6-18)27-28(22-12-7-19(2)8-13-22)34-31(33-27)38-16-15-25(35)32-29-26(30(36)37-4)23-14-9-20(3)17-24(23)39-29/h5-8,10-13,20H,9,14-17H2,1-4H3,(H,32,35)(H,33,34). The summed E-state index contributed by atoms with van der Waals surface area (Å²) in [7, 11) is 1.39. The van der Waals surface area contributed by atoms with E-state index in [9.17, 15) is 9.59 Å². The number of esters is 1. The number of amides is 1. The van der Waals surface area contributed by atoms with Gasteiger partial charge in [-0.3, -0.25) is 4.79 Å². The molecule has 1 aliphatic rings. The third-order valence-corrected chi connectivity index (χ3v) is 9.11. The first kappa shape index (κ1) is 27.2. The molecule has 0 aliphatic heterocycles. The van der Waals surface area contributed by atoms with E-state index >= 15 is 0 Å². The number of nitrogens with one attached hydrogen (secondary N) is 2. The molecule has 4 aromatic rings. The number of hydrogen-bond donors (Lipinski definition) is 2. The topological polar surface area (TPSA) is 84.1 Å². The minimum atomic E-state index is -0.380. The van der Waals surface area contributed by atoms with E-state index in [0.717, 1.165) is 52.5 Å². The number of imidazole rings is 1. The number of carbonyl (C=O) groups is 2. The fourth-order valence-corrected chi connectivity index (χ4v) is 7.08. The highest BCUT2D eigenvalue weighted by Gasteiger charge is 2.29. The van der Waals surface area contributed by atoms with E-state index in [1.165, 1.54) is 46.2 Å². The fraction of sp³-hybridized carbons (Fsp3) is 0.323. The third kappa shape index (κ3) is 6.12. The molecule has 1 amide bonds. The molecular formula is C31H33N3O3S2. The lowest BCUT2D eigenvalue weighted by molar-refractivity contribution is -0.115. The van der Waals surface area contributed by atoms with Crippen LogP contribution in [0.1, 0.15) is 51.7 Å². The average molecular weight is 560 g/mol. The third-order valence-electron chi connectivity index (χ3n) is 7.07. The molecule has 0 saturated carbocycles. The minimum Gasteiger partial charge on any atom is -0.465 e. The Hall–Kier alpha value is -3.36. The molecule has 2 aromatic carbocycles. The van der Waals surface area contributed by atoms with Crippen molar-refractivity contribution < 1.29 is 14.3 Å². The van der Waals surface area contributed by atoms with E-state index < -0.39 is 0 Å². The maximum Gasteiger partial charge on any atom is 0.341 e. The van der Waals surface area contributed by atoms with Gasteiger partial charge in [-0.15, -0.1) is 11.3 Å². The number of thioether (sulfide) groups is 1. The number of ether oxygens (including phenoxy) is 1. The van der Waals surface area contributed by atoms with E-state index in [2.05, 4.69) is 79.6 Å². The van der Waals surface area contributed by atoms with E-state index in [1.807, 2.05) is 0 Å². The summed E-state index contributed by atoms with van der Waals surface area (Å²) in [5, 5.41) is 4.37. The molecule has 2 heterocycles. The second-order valence-corrected chi connectivity index (χ2v) is 12.4. The molecule has 1 unspecified atom stereocenters. The zero-order chi connectivity index (χ0) is 27.5. The van der Waals surface area contributed by atoms with Crippen molar-refractivity contribution in [3.8, 4) is 22.5 Å². The normalized spacial score (nSPS) is 14.6. The summed E-state index contributed by atoms with van der Waals surface area (Å²) < 4.78 is 5.05. The Morgan fingerprint density at radius 1 is 1.08 bits per heavy atom. The smallest absolute Gasteiger partial charge is 0.341 e. The van der Waals surface area contributed by atoms with Gasteiger partial charge in [0, 0.05) is 28.2 Å². The van der Waals surface area contributed by atoms with Gasteiger partial charge < -0.3 is 15.0 Å². The predicted octanol–water partition coefficient (Wildman–Crippen LogP) is 7.45. The number of aromatic amines is 1. The molecule has 0 bridgehead atoms. The molecule has 1 aliphatic carbocycles.